The molecule has 3 heterocycles. The van der Waals surface area contributed by atoms with E-state index in [0.29, 0.717) is 29.5 Å². The minimum atomic E-state index is -0.249. The van der Waals surface area contributed by atoms with Crippen LogP contribution < -0.4 is 5.32 Å². The molecule has 0 radical (unpaired) electrons. The lowest BCUT2D eigenvalue weighted by atomic mass is 10.2. The molecule has 0 atom stereocenters. The summed E-state index contributed by atoms with van der Waals surface area (Å²) in [7, 11) is 0. The van der Waals surface area contributed by atoms with Gasteiger partial charge in [0.25, 0.3) is 5.91 Å². The Hall–Kier alpha value is -3.22. The van der Waals surface area contributed by atoms with E-state index in [0.717, 1.165) is 16.6 Å². The van der Waals surface area contributed by atoms with Gasteiger partial charge in [0, 0.05) is 0 Å². The van der Waals surface area contributed by atoms with Crippen molar-refractivity contribution in [2.75, 3.05) is 11.9 Å². The Kier molecular flexibility index (Phi) is 3.04. The summed E-state index contributed by atoms with van der Waals surface area (Å²) >= 11 is 0. The molecule has 0 fully saturated rings. The van der Waals surface area contributed by atoms with Crippen molar-refractivity contribution in [3.8, 4) is 11.5 Å². The monoisotopic (exact) mass is 306 g/mol. The summed E-state index contributed by atoms with van der Waals surface area (Å²) in [4.78, 5) is 24.2. The number of fused-ring (bicyclic) bond motifs is 1. The van der Waals surface area contributed by atoms with Gasteiger partial charge in [0.1, 0.15) is 11.4 Å². The Morgan fingerprint density at radius 1 is 1.30 bits per heavy atom. The minimum Gasteiger partial charge on any atom is -0.337 e. The van der Waals surface area contributed by atoms with Crippen LogP contribution in [0.3, 0.4) is 0 Å². The standard InChI is InChI=1S/C16H14N6O/c1-9-6-12(17-7-9)16(23)21-13-8-18-22-14(13)15-19-10-4-2-3-5-11(10)20-15/h2-6,8H,7H2,1H3,(H,18,22)(H,19,20)(H,21,23). The minimum absolute atomic E-state index is 0.249. The van der Waals surface area contributed by atoms with Gasteiger partial charge in [0.15, 0.2) is 5.82 Å². The van der Waals surface area contributed by atoms with Crippen LogP contribution in [0.2, 0.25) is 0 Å². The predicted octanol–water partition coefficient (Wildman–Crippen LogP) is 2.29. The number of aromatic amines is 2. The number of hydrogen-bond donors (Lipinski definition) is 3. The molecule has 23 heavy (non-hydrogen) atoms. The summed E-state index contributed by atoms with van der Waals surface area (Å²) in [6, 6.07) is 7.73. The molecule has 0 bridgehead atoms. The molecule has 0 saturated carbocycles. The van der Waals surface area contributed by atoms with Crippen molar-refractivity contribution in [3.63, 3.8) is 0 Å². The first-order valence-electron chi connectivity index (χ1n) is 7.22. The summed E-state index contributed by atoms with van der Waals surface area (Å²) in [5.74, 6) is 0.375. The molecule has 0 spiro atoms. The molecule has 1 aliphatic rings. The summed E-state index contributed by atoms with van der Waals surface area (Å²) in [6.07, 6.45) is 3.35. The topological polar surface area (TPSA) is 98.8 Å². The Morgan fingerprint density at radius 2 is 2.17 bits per heavy atom. The average Bonchev–Trinajstić information content (AvgIpc) is 3.25. The molecule has 1 amide bonds. The highest BCUT2D eigenvalue weighted by Gasteiger charge is 2.18. The fraction of sp³-hybridized carbons (Fsp3) is 0.125. The van der Waals surface area contributed by atoms with Gasteiger partial charge in [-0.3, -0.25) is 14.9 Å². The van der Waals surface area contributed by atoms with Crippen LogP contribution in [0.25, 0.3) is 22.6 Å². The highest BCUT2D eigenvalue weighted by Crippen LogP contribution is 2.25. The summed E-state index contributed by atoms with van der Waals surface area (Å²) in [6.45, 7) is 2.52. The molecular formula is C16H14N6O. The number of nitrogens with one attached hydrogen (secondary N) is 3. The Morgan fingerprint density at radius 3 is 2.96 bits per heavy atom. The number of carbonyl (C=O) groups excluding carboxylic acids is 1. The number of H-pyrrole nitrogens is 2. The number of carbonyl (C=O) groups is 1. The van der Waals surface area contributed by atoms with Gasteiger partial charge in [-0.25, -0.2) is 4.98 Å². The van der Waals surface area contributed by atoms with E-state index in [1.54, 1.807) is 12.3 Å². The normalized spacial score (nSPS) is 14.0. The van der Waals surface area contributed by atoms with E-state index in [9.17, 15) is 4.79 Å². The van der Waals surface area contributed by atoms with Gasteiger partial charge in [0.05, 0.1) is 29.5 Å². The summed E-state index contributed by atoms with van der Waals surface area (Å²) in [5, 5.41) is 9.71. The predicted molar refractivity (Wildman–Crippen MR) is 88.4 cm³/mol. The number of anilines is 1. The van der Waals surface area contributed by atoms with Gasteiger partial charge in [-0.1, -0.05) is 12.1 Å². The third-order valence-electron chi connectivity index (χ3n) is 3.63. The van der Waals surface area contributed by atoms with E-state index in [4.69, 9.17) is 0 Å². The fourth-order valence-corrected chi connectivity index (χ4v) is 2.49. The quantitative estimate of drug-likeness (QED) is 0.692. The molecule has 114 valence electrons. The van der Waals surface area contributed by atoms with E-state index in [1.165, 1.54) is 0 Å². The zero-order valence-electron chi connectivity index (χ0n) is 12.4. The first-order chi connectivity index (χ1) is 11.2. The number of rotatable bonds is 3. The van der Waals surface area contributed by atoms with Crippen LogP contribution in [0.1, 0.15) is 6.92 Å². The van der Waals surface area contributed by atoms with Crippen molar-refractivity contribution < 1.29 is 4.79 Å². The van der Waals surface area contributed by atoms with Crippen molar-refractivity contribution in [1.29, 1.82) is 0 Å². The highest BCUT2D eigenvalue weighted by atomic mass is 16.1. The van der Waals surface area contributed by atoms with Crippen LogP contribution in [-0.2, 0) is 4.79 Å². The average molecular weight is 306 g/mol. The Labute approximate surface area is 131 Å². The molecule has 0 unspecified atom stereocenters. The number of aromatic nitrogens is 4. The lowest BCUT2D eigenvalue weighted by Crippen LogP contribution is -2.20. The number of aliphatic imine (C=N–C) groups is 1. The van der Waals surface area contributed by atoms with Crippen molar-refractivity contribution in [2.24, 2.45) is 4.99 Å². The van der Waals surface area contributed by atoms with Crippen molar-refractivity contribution in [3.05, 3.63) is 42.1 Å². The second-order valence-corrected chi connectivity index (χ2v) is 5.41. The van der Waals surface area contributed by atoms with E-state index in [2.05, 4.69) is 30.5 Å². The molecule has 1 aliphatic heterocycles. The molecule has 0 aliphatic carbocycles. The molecule has 7 nitrogen and oxygen atoms in total. The number of para-hydroxylation sites is 2. The molecule has 4 rings (SSSR count). The van der Waals surface area contributed by atoms with Gasteiger partial charge in [0.2, 0.25) is 0 Å². The third-order valence-corrected chi connectivity index (χ3v) is 3.63. The van der Waals surface area contributed by atoms with Gasteiger partial charge in [-0.15, -0.1) is 0 Å². The maximum Gasteiger partial charge on any atom is 0.273 e. The van der Waals surface area contributed by atoms with Crippen molar-refractivity contribution in [2.45, 2.75) is 6.92 Å². The molecule has 2 aromatic heterocycles. The smallest absolute Gasteiger partial charge is 0.273 e. The zero-order chi connectivity index (χ0) is 15.8. The number of amides is 1. The fourth-order valence-electron chi connectivity index (χ4n) is 2.49. The van der Waals surface area contributed by atoms with Gasteiger partial charge >= 0.3 is 0 Å². The largest absolute Gasteiger partial charge is 0.337 e. The second kappa shape index (κ2) is 5.20. The van der Waals surface area contributed by atoms with Gasteiger partial charge in [-0.2, -0.15) is 5.10 Å². The van der Waals surface area contributed by atoms with Crippen LogP contribution in [-0.4, -0.2) is 38.3 Å². The van der Waals surface area contributed by atoms with E-state index in [1.807, 2.05) is 31.2 Å². The Bertz CT molecular complexity index is 929. The van der Waals surface area contributed by atoms with Crippen LogP contribution in [0.5, 0.6) is 0 Å². The van der Waals surface area contributed by atoms with Gasteiger partial charge in [-0.05, 0) is 30.7 Å². The zero-order valence-corrected chi connectivity index (χ0v) is 12.4. The van der Waals surface area contributed by atoms with E-state index >= 15 is 0 Å². The highest BCUT2D eigenvalue weighted by molar-refractivity contribution is 6.47. The molecule has 0 saturated heterocycles. The molecule has 7 heteroatoms. The van der Waals surface area contributed by atoms with E-state index in [-0.39, 0.29) is 5.91 Å². The van der Waals surface area contributed by atoms with Crippen molar-refractivity contribution in [1.82, 2.24) is 20.2 Å². The molecule has 3 N–H and O–H groups in total. The SMILES string of the molecule is CC1=CC(C(=O)Nc2cn[nH]c2-c2nc3ccccc3[nH]2)=NC1. The van der Waals surface area contributed by atoms with Crippen molar-refractivity contribution >= 4 is 28.3 Å². The third kappa shape index (κ3) is 2.42. The van der Waals surface area contributed by atoms with Crippen LogP contribution in [0, 0.1) is 0 Å². The molecular weight excluding hydrogens is 292 g/mol. The summed E-state index contributed by atoms with van der Waals surface area (Å²) in [5.41, 5.74) is 4.48. The molecule has 1 aromatic carbocycles. The first-order valence-corrected chi connectivity index (χ1v) is 7.22. The first kappa shape index (κ1) is 13.4. The van der Waals surface area contributed by atoms with Crippen LogP contribution >= 0.6 is 0 Å². The lowest BCUT2D eigenvalue weighted by molar-refractivity contribution is -0.110. The maximum absolute atomic E-state index is 12.3. The van der Waals surface area contributed by atoms with E-state index < -0.39 is 0 Å². The molecule has 3 aromatic rings. The summed E-state index contributed by atoms with van der Waals surface area (Å²) < 4.78 is 0. The number of benzene rings is 1. The number of nitrogens with zero attached hydrogens (tertiary/aromatic N) is 3. The van der Waals surface area contributed by atoms with Gasteiger partial charge < -0.3 is 10.3 Å². The number of hydrogen-bond acceptors (Lipinski definition) is 4. The van der Waals surface area contributed by atoms with Crippen LogP contribution in [0.4, 0.5) is 5.69 Å². The second-order valence-electron chi connectivity index (χ2n) is 5.41. The Balaban J connectivity index is 1.64. The maximum atomic E-state index is 12.3. The number of imidazole rings is 1. The van der Waals surface area contributed by atoms with Crippen LogP contribution in [0.15, 0.2) is 47.1 Å². The lowest BCUT2D eigenvalue weighted by Gasteiger charge is -2.03.